The lowest BCUT2D eigenvalue weighted by atomic mass is 9.99. The van der Waals surface area contributed by atoms with Crippen LogP contribution in [0.2, 0.25) is 0 Å². The van der Waals surface area contributed by atoms with Crippen molar-refractivity contribution in [2.45, 2.75) is 57.7 Å². The van der Waals surface area contributed by atoms with E-state index in [4.69, 9.17) is 9.84 Å². The number of carbonyl (C=O) groups excluding carboxylic acids is 2. The summed E-state index contributed by atoms with van der Waals surface area (Å²) in [6.07, 6.45) is -0.884. The van der Waals surface area contributed by atoms with Crippen molar-refractivity contribution in [1.82, 2.24) is 16.0 Å². The number of rotatable bonds is 16. The molecule has 2 amide bonds. The van der Waals surface area contributed by atoms with E-state index in [0.717, 1.165) is 27.8 Å². The second-order valence-electron chi connectivity index (χ2n) is 10.6. The number of ether oxygens (including phenoxy) is 1. The fourth-order valence-electron chi connectivity index (χ4n) is 4.27. The van der Waals surface area contributed by atoms with E-state index >= 15 is 0 Å². The average Bonchev–Trinajstić information content (AvgIpc) is 2.98. The third kappa shape index (κ3) is 10.7. The molecule has 0 spiro atoms. The van der Waals surface area contributed by atoms with E-state index in [9.17, 15) is 19.8 Å². The first-order chi connectivity index (χ1) is 19.7. The van der Waals surface area contributed by atoms with Crippen LogP contribution in [0.25, 0.3) is 11.1 Å². The van der Waals surface area contributed by atoms with Crippen LogP contribution in [0.3, 0.4) is 0 Å². The Morgan fingerprint density at radius 2 is 1.59 bits per heavy atom. The Kier molecular flexibility index (Phi) is 12.5. The molecule has 0 aromatic heterocycles. The number of carbonyl (C=O) groups is 2. The molecule has 0 bridgehead atoms. The van der Waals surface area contributed by atoms with Crippen molar-refractivity contribution in [1.29, 1.82) is 0 Å². The number of hydrogen-bond donors (Lipinski definition) is 6. The molecule has 3 rings (SSSR count). The van der Waals surface area contributed by atoms with Gasteiger partial charge in [-0.05, 0) is 41.7 Å². The number of nitrogens with one attached hydrogen (secondary N) is 3. The molecule has 3 aromatic carbocycles. The average molecular weight is 564 g/mol. The van der Waals surface area contributed by atoms with Gasteiger partial charge in [0.1, 0.15) is 6.04 Å². The number of amides is 2. The molecule has 3 aromatic rings. The van der Waals surface area contributed by atoms with Gasteiger partial charge in [-0.1, -0.05) is 78.9 Å². The first-order valence-corrected chi connectivity index (χ1v) is 13.7. The van der Waals surface area contributed by atoms with Gasteiger partial charge in [0.15, 0.2) is 0 Å². The molecule has 9 heteroatoms. The summed E-state index contributed by atoms with van der Waals surface area (Å²) in [5.74, 6) is -0.723. The summed E-state index contributed by atoms with van der Waals surface area (Å²) in [7, 11) is 0. The Morgan fingerprint density at radius 3 is 2.27 bits per heavy atom. The first-order valence-electron chi connectivity index (χ1n) is 13.7. The van der Waals surface area contributed by atoms with Crippen molar-refractivity contribution in [3.8, 4) is 11.1 Å². The van der Waals surface area contributed by atoms with E-state index in [1.807, 2.05) is 78.9 Å². The van der Waals surface area contributed by atoms with Gasteiger partial charge in [0.2, 0.25) is 11.8 Å². The summed E-state index contributed by atoms with van der Waals surface area (Å²) in [6.45, 7) is 3.85. The molecule has 0 unspecified atom stereocenters. The number of β-amino-alcohol motifs (C(OH)–C–C–N with tert-alkyl or cyclic N) is 1. The molecule has 9 nitrogen and oxygen atoms in total. The molecule has 0 aliphatic rings. The summed E-state index contributed by atoms with van der Waals surface area (Å²) in [5.41, 5.74) is 3.91. The van der Waals surface area contributed by atoms with Crippen molar-refractivity contribution in [3.05, 3.63) is 95.6 Å². The van der Waals surface area contributed by atoms with Gasteiger partial charge < -0.3 is 36.0 Å². The highest BCUT2D eigenvalue weighted by molar-refractivity contribution is 5.88. The minimum atomic E-state index is -0.930. The lowest BCUT2D eigenvalue weighted by Gasteiger charge is -2.28. The highest BCUT2D eigenvalue weighted by Crippen LogP contribution is 2.24. The summed E-state index contributed by atoms with van der Waals surface area (Å²) in [6, 6.07) is 24.0. The van der Waals surface area contributed by atoms with Crippen LogP contribution in [0.1, 0.15) is 37.0 Å². The van der Waals surface area contributed by atoms with Crippen LogP contribution in [-0.4, -0.2) is 64.6 Å². The number of hydrogen-bond acceptors (Lipinski definition) is 7. The van der Waals surface area contributed by atoms with Crippen LogP contribution in [-0.2, 0) is 34.1 Å². The Balaban J connectivity index is 1.61. The Morgan fingerprint density at radius 1 is 0.902 bits per heavy atom. The second-order valence-corrected chi connectivity index (χ2v) is 10.6. The van der Waals surface area contributed by atoms with E-state index in [-0.39, 0.29) is 51.1 Å². The molecule has 0 aliphatic heterocycles. The van der Waals surface area contributed by atoms with Gasteiger partial charge in [-0.25, -0.2) is 0 Å². The molecule has 0 fully saturated rings. The number of aliphatic hydroxyl groups excluding tert-OH is 3. The van der Waals surface area contributed by atoms with Crippen LogP contribution in [0, 0.1) is 0 Å². The van der Waals surface area contributed by atoms with Crippen LogP contribution in [0.15, 0.2) is 78.9 Å². The molecule has 41 heavy (non-hydrogen) atoms. The standard InChI is InChI=1S/C32H41N3O6/c1-32(2,34-18-27(38)20-37)16-30(39)35-29(22-41-21-24-8-4-3-5-9-24)31(40)33-17-23-12-14-25(15-13-23)28-11-7-6-10-26(28)19-36/h3-15,27,29,34,36-38H,16-22H2,1-2H3,(H,33,40)(H,35,39)/t27-,29+/m0/s1. The lowest BCUT2D eigenvalue weighted by Crippen LogP contribution is -2.52. The molecule has 0 saturated heterocycles. The second kappa shape index (κ2) is 16.0. The molecular weight excluding hydrogens is 522 g/mol. The fourth-order valence-corrected chi connectivity index (χ4v) is 4.27. The zero-order valence-corrected chi connectivity index (χ0v) is 23.7. The predicted octanol–water partition coefficient (Wildman–Crippen LogP) is 2.28. The normalized spacial score (nSPS) is 12.9. The summed E-state index contributed by atoms with van der Waals surface area (Å²) in [4.78, 5) is 26.1. The van der Waals surface area contributed by atoms with Gasteiger partial charge in [0.05, 0.1) is 32.5 Å². The maximum Gasteiger partial charge on any atom is 0.245 e. The minimum absolute atomic E-state index is 0.0135. The molecule has 2 atom stereocenters. The maximum absolute atomic E-state index is 13.2. The SMILES string of the molecule is CC(C)(CC(=O)N[C@H](COCc1ccccc1)C(=O)NCc1ccc(-c2ccccc2CO)cc1)NC[C@H](O)CO. The zero-order valence-electron chi connectivity index (χ0n) is 23.7. The van der Waals surface area contributed by atoms with Gasteiger partial charge >= 0.3 is 0 Å². The van der Waals surface area contributed by atoms with Crippen LogP contribution >= 0.6 is 0 Å². The van der Waals surface area contributed by atoms with Crippen LogP contribution < -0.4 is 16.0 Å². The van der Waals surface area contributed by atoms with Crippen molar-refractivity contribution in [2.24, 2.45) is 0 Å². The van der Waals surface area contributed by atoms with E-state index in [1.54, 1.807) is 13.8 Å². The molecule has 0 saturated carbocycles. The predicted molar refractivity (Wildman–Crippen MR) is 157 cm³/mol. The van der Waals surface area contributed by atoms with Gasteiger partial charge in [0, 0.05) is 25.0 Å². The van der Waals surface area contributed by atoms with E-state index in [0.29, 0.717) is 6.61 Å². The summed E-state index contributed by atoms with van der Waals surface area (Å²) in [5, 5.41) is 37.0. The van der Waals surface area contributed by atoms with Gasteiger partial charge in [-0.15, -0.1) is 0 Å². The molecule has 0 aliphatic carbocycles. The number of aliphatic hydroxyl groups is 3. The monoisotopic (exact) mass is 563 g/mol. The van der Waals surface area contributed by atoms with Gasteiger partial charge in [0.25, 0.3) is 0 Å². The Labute approximate surface area is 241 Å². The molecule has 0 radical (unpaired) electrons. The van der Waals surface area contributed by atoms with E-state index < -0.39 is 17.7 Å². The number of benzene rings is 3. The highest BCUT2D eigenvalue weighted by atomic mass is 16.5. The van der Waals surface area contributed by atoms with Crippen LogP contribution in [0.5, 0.6) is 0 Å². The van der Waals surface area contributed by atoms with Crippen molar-refractivity contribution in [2.75, 3.05) is 19.8 Å². The first kappa shape index (κ1) is 31.9. The van der Waals surface area contributed by atoms with Gasteiger partial charge in [-0.2, -0.15) is 0 Å². The van der Waals surface area contributed by atoms with Gasteiger partial charge in [-0.3, -0.25) is 9.59 Å². The Hall–Kier alpha value is -3.60. The lowest BCUT2D eigenvalue weighted by molar-refractivity contribution is -0.131. The van der Waals surface area contributed by atoms with Crippen LogP contribution in [0.4, 0.5) is 0 Å². The van der Waals surface area contributed by atoms with Crippen molar-refractivity contribution >= 4 is 11.8 Å². The molecular formula is C32H41N3O6. The minimum Gasteiger partial charge on any atom is -0.394 e. The highest BCUT2D eigenvalue weighted by Gasteiger charge is 2.26. The zero-order chi connectivity index (χ0) is 29.7. The fraction of sp³-hybridized carbons (Fsp3) is 0.375. The quantitative estimate of drug-likeness (QED) is 0.157. The molecule has 0 heterocycles. The van der Waals surface area contributed by atoms with Crippen molar-refractivity contribution < 1.29 is 29.6 Å². The van der Waals surface area contributed by atoms with E-state index in [1.165, 1.54) is 0 Å². The largest absolute Gasteiger partial charge is 0.394 e. The summed E-state index contributed by atoms with van der Waals surface area (Å²) < 4.78 is 5.79. The van der Waals surface area contributed by atoms with Crippen molar-refractivity contribution in [3.63, 3.8) is 0 Å². The third-order valence-electron chi connectivity index (χ3n) is 6.60. The Bertz CT molecular complexity index is 1230. The smallest absolute Gasteiger partial charge is 0.245 e. The molecule has 6 N–H and O–H groups in total. The maximum atomic E-state index is 13.2. The third-order valence-corrected chi connectivity index (χ3v) is 6.60. The molecule has 220 valence electrons. The summed E-state index contributed by atoms with van der Waals surface area (Å²) >= 11 is 0. The topological polar surface area (TPSA) is 140 Å². The van der Waals surface area contributed by atoms with E-state index in [2.05, 4.69) is 16.0 Å².